The number of aliphatic carboxylic acids is 1. The second-order valence-corrected chi connectivity index (χ2v) is 8.39. The van der Waals surface area contributed by atoms with E-state index < -0.39 is 12.6 Å². The molecule has 4 rings (SSSR count). The van der Waals surface area contributed by atoms with Gasteiger partial charge in [0.15, 0.2) is 16.7 Å². The fourth-order valence-corrected chi connectivity index (χ4v) is 4.54. The van der Waals surface area contributed by atoms with Crippen molar-refractivity contribution >= 4 is 73.7 Å². The van der Waals surface area contributed by atoms with E-state index in [9.17, 15) is 9.59 Å². The fourth-order valence-electron chi connectivity index (χ4n) is 2.63. The van der Waals surface area contributed by atoms with E-state index in [0.717, 1.165) is 10.1 Å². The maximum atomic E-state index is 12.8. The standard InChI is InChI=1S/C19H13N3O4S3/c23-16(24)10-26-12-5-3-4-11(8-12)9-15-18(25)22(19(27)28-15)20-17-13-6-1-2-7-14(13)29-21-17/h1-9H,10H2,(H,20,21)(H,23,24). The average Bonchev–Trinajstić information content (AvgIpc) is 3.23. The number of amides is 1. The Bertz CT molecular complexity index is 1160. The number of rotatable bonds is 6. The average molecular weight is 444 g/mol. The van der Waals surface area contributed by atoms with Crippen molar-refractivity contribution in [2.75, 3.05) is 12.0 Å². The van der Waals surface area contributed by atoms with Crippen LogP contribution >= 0.6 is 35.5 Å². The van der Waals surface area contributed by atoms with E-state index >= 15 is 0 Å². The maximum Gasteiger partial charge on any atom is 0.341 e. The highest BCUT2D eigenvalue weighted by Crippen LogP contribution is 2.34. The third-order valence-electron chi connectivity index (χ3n) is 3.91. The highest BCUT2D eigenvalue weighted by Gasteiger charge is 2.33. The Morgan fingerprint density at radius 2 is 2.10 bits per heavy atom. The number of thiocarbonyl (C=S) groups is 1. The molecule has 1 amide bonds. The van der Waals surface area contributed by atoms with Crippen molar-refractivity contribution in [1.29, 1.82) is 0 Å². The molecule has 0 saturated carbocycles. The van der Waals surface area contributed by atoms with Crippen molar-refractivity contribution in [2.24, 2.45) is 0 Å². The Hall–Kier alpha value is -2.95. The normalized spacial score (nSPS) is 15.3. The lowest BCUT2D eigenvalue weighted by atomic mass is 10.2. The summed E-state index contributed by atoms with van der Waals surface area (Å²) in [4.78, 5) is 23.9. The molecular formula is C19H13N3O4S3. The largest absolute Gasteiger partial charge is 0.482 e. The summed E-state index contributed by atoms with van der Waals surface area (Å²) in [6, 6.07) is 14.6. The molecule has 1 aliphatic heterocycles. The number of carboxylic acids is 1. The Balaban J connectivity index is 1.53. The van der Waals surface area contributed by atoms with Gasteiger partial charge in [0.05, 0.1) is 9.61 Å². The Labute approximate surface area is 179 Å². The maximum absolute atomic E-state index is 12.8. The number of carbonyl (C=O) groups is 2. The molecule has 0 unspecified atom stereocenters. The number of benzene rings is 2. The van der Waals surface area contributed by atoms with Crippen LogP contribution in [-0.4, -0.2) is 37.3 Å². The number of aromatic nitrogens is 1. The van der Waals surface area contributed by atoms with Gasteiger partial charge in [-0.25, -0.2) is 4.79 Å². The number of hydrogen-bond acceptors (Lipinski definition) is 8. The van der Waals surface area contributed by atoms with E-state index in [1.807, 2.05) is 24.3 Å². The van der Waals surface area contributed by atoms with Gasteiger partial charge in [0.1, 0.15) is 5.75 Å². The molecule has 0 atom stereocenters. The number of hydrogen-bond donors (Lipinski definition) is 2. The van der Waals surface area contributed by atoms with Gasteiger partial charge in [0.2, 0.25) is 0 Å². The van der Waals surface area contributed by atoms with Gasteiger partial charge in [-0.05, 0) is 59.7 Å². The molecule has 1 fully saturated rings. The van der Waals surface area contributed by atoms with Gasteiger partial charge in [-0.3, -0.25) is 10.2 Å². The molecule has 0 radical (unpaired) electrons. The summed E-state index contributed by atoms with van der Waals surface area (Å²) in [5.41, 5.74) is 3.71. The summed E-state index contributed by atoms with van der Waals surface area (Å²) in [6.07, 6.45) is 1.69. The number of thioether (sulfide) groups is 1. The lowest BCUT2D eigenvalue weighted by Crippen LogP contribution is -2.34. The molecule has 1 aromatic heterocycles. The molecule has 3 aromatic rings. The summed E-state index contributed by atoms with van der Waals surface area (Å²) < 4.78 is 10.9. The quantitative estimate of drug-likeness (QED) is 0.437. The number of carbonyl (C=O) groups excluding carboxylic acids is 1. The van der Waals surface area contributed by atoms with E-state index in [-0.39, 0.29) is 5.91 Å². The van der Waals surface area contributed by atoms with E-state index in [0.29, 0.717) is 26.4 Å². The molecular weight excluding hydrogens is 430 g/mol. The Morgan fingerprint density at radius 3 is 2.93 bits per heavy atom. The first kappa shape index (κ1) is 19.4. The molecule has 7 nitrogen and oxygen atoms in total. The third kappa shape index (κ3) is 4.24. The SMILES string of the molecule is O=C(O)COc1cccc(C=C2SC(=S)N(Nc3nsc4ccccc34)C2=O)c1. The highest BCUT2D eigenvalue weighted by molar-refractivity contribution is 8.26. The molecule has 29 heavy (non-hydrogen) atoms. The Morgan fingerprint density at radius 1 is 1.28 bits per heavy atom. The van der Waals surface area contributed by atoms with Crippen LogP contribution in [0.25, 0.3) is 16.2 Å². The van der Waals surface area contributed by atoms with Crippen LogP contribution in [0, 0.1) is 0 Å². The summed E-state index contributed by atoms with van der Waals surface area (Å²) in [6.45, 7) is -0.433. The molecule has 0 spiro atoms. The van der Waals surface area contributed by atoms with Crippen LogP contribution in [0.5, 0.6) is 5.75 Å². The summed E-state index contributed by atoms with van der Waals surface area (Å²) >= 11 is 7.87. The molecule has 1 saturated heterocycles. The van der Waals surface area contributed by atoms with Gasteiger partial charge >= 0.3 is 5.97 Å². The zero-order chi connectivity index (χ0) is 20.4. The molecule has 2 heterocycles. The van der Waals surface area contributed by atoms with Crippen LogP contribution < -0.4 is 10.2 Å². The zero-order valence-corrected chi connectivity index (χ0v) is 17.1. The summed E-state index contributed by atoms with van der Waals surface area (Å²) in [5.74, 6) is -0.359. The van der Waals surface area contributed by atoms with Gasteiger partial charge in [0.25, 0.3) is 5.91 Å². The van der Waals surface area contributed by atoms with Crippen LogP contribution in [0.2, 0.25) is 0 Å². The fraction of sp³-hybridized carbons (Fsp3) is 0.0526. The number of nitrogens with zero attached hydrogens (tertiary/aromatic N) is 2. The van der Waals surface area contributed by atoms with Crippen LogP contribution in [0.15, 0.2) is 53.4 Å². The molecule has 0 aliphatic carbocycles. The summed E-state index contributed by atoms with van der Waals surface area (Å²) in [7, 11) is 0. The van der Waals surface area contributed by atoms with Gasteiger partial charge in [0, 0.05) is 5.39 Å². The first-order valence-corrected chi connectivity index (χ1v) is 10.3. The van der Waals surface area contributed by atoms with Crippen molar-refractivity contribution in [2.45, 2.75) is 0 Å². The van der Waals surface area contributed by atoms with Crippen molar-refractivity contribution in [3.63, 3.8) is 0 Å². The monoisotopic (exact) mass is 443 g/mol. The third-order valence-corrected chi connectivity index (χ3v) is 6.04. The predicted octanol–water partition coefficient (Wildman–Crippen LogP) is 3.99. The first-order chi connectivity index (χ1) is 14.0. The van der Waals surface area contributed by atoms with E-state index in [1.165, 1.54) is 28.3 Å². The van der Waals surface area contributed by atoms with Gasteiger partial charge < -0.3 is 9.84 Å². The lowest BCUT2D eigenvalue weighted by Gasteiger charge is -2.15. The minimum atomic E-state index is -1.06. The van der Waals surface area contributed by atoms with Crippen LogP contribution in [0.4, 0.5) is 5.82 Å². The van der Waals surface area contributed by atoms with E-state index in [1.54, 1.807) is 30.3 Å². The number of nitrogens with one attached hydrogen (secondary N) is 1. The molecule has 2 aromatic carbocycles. The van der Waals surface area contributed by atoms with Crippen LogP contribution in [-0.2, 0) is 9.59 Å². The molecule has 1 aliphatic rings. The summed E-state index contributed by atoms with van der Waals surface area (Å²) in [5, 5.41) is 10.9. The topological polar surface area (TPSA) is 91.8 Å². The van der Waals surface area contributed by atoms with Crippen LogP contribution in [0.3, 0.4) is 0 Å². The highest BCUT2D eigenvalue weighted by atomic mass is 32.2. The molecule has 2 N–H and O–H groups in total. The van der Waals surface area contributed by atoms with Gasteiger partial charge in [-0.15, -0.1) is 0 Å². The smallest absolute Gasteiger partial charge is 0.341 e. The first-order valence-electron chi connectivity index (χ1n) is 8.35. The number of hydrazine groups is 1. The molecule has 10 heteroatoms. The Kier molecular flexibility index (Phi) is 5.47. The van der Waals surface area contributed by atoms with Crippen molar-refractivity contribution in [1.82, 2.24) is 9.38 Å². The second-order valence-electron chi connectivity index (χ2n) is 5.91. The van der Waals surface area contributed by atoms with E-state index in [4.69, 9.17) is 22.1 Å². The number of carboxylic acid groups (broad SMARTS) is 1. The van der Waals surface area contributed by atoms with Gasteiger partial charge in [-0.1, -0.05) is 36.0 Å². The van der Waals surface area contributed by atoms with Crippen molar-refractivity contribution < 1.29 is 19.4 Å². The minimum absolute atomic E-state index is 0.283. The van der Waals surface area contributed by atoms with Crippen molar-refractivity contribution in [3.8, 4) is 5.75 Å². The van der Waals surface area contributed by atoms with Crippen LogP contribution in [0.1, 0.15) is 5.56 Å². The number of fused-ring (bicyclic) bond motifs is 1. The molecule has 146 valence electrons. The zero-order valence-electron chi connectivity index (χ0n) is 14.7. The van der Waals surface area contributed by atoms with Gasteiger partial charge in [-0.2, -0.15) is 9.38 Å². The van der Waals surface area contributed by atoms with Crippen molar-refractivity contribution in [3.05, 3.63) is 59.0 Å². The lowest BCUT2D eigenvalue weighted by molar-refractivity contribution is -0.139. The minimum Gasteiger partial charge on any atom is -0.482 e. The predicted molar refractivity (Wildman–Crippen MR) is 118 cm³/mol. The molecule has 0 bridgehead atoms. The number of ether oxygens (including phenoxy) is 1. The van der Waals surface area contributed by atoms with E-state index in [2.05, 4.69) is 9.80 Å². The second kappa shape index (κ2) is 8.19. The number of anilines is 1.